The van der Waals surface area contributed by atoms with Crippen molar-refractivity contribution in [1.82, 2.24) is 15.5 Å². The van der Waals surface area contributed by atoms with E-state index in [0.29, 0.717) is 16.8 Å². The first-order valence-corrected chi connectivity index (χ1v) is 7.00. The van der Waals surface area contributed by atoms with Gasteiger partial charge >= 0.3 is 0 Å². The maximum absolute atomic E-state index is 12.0. The molecule has 5 heteroatoms. The average molecular weight is 239 g/mol. The summed E-state index contributed by atoms with van der Waals surface area (Å²) in [5.41, 5.74) is 0.858. The van der Waals surface area contributed by atoms with E-state index in [0.717, 1.165) is 18.7 Å². The predicted molar refractivity (Wildman–Crippen MR) is 63.7 cm³/mol. The van der Waals surface area contributed by atoms with Crippen LogP contribution in [0.3, 0.4) is 0 Å². The minimum Gasteiger partial charge on any atom is -0.313 e. The van der Waals surface area contributed by atoms with Crippen LogP contribution < -0.4 is 5.32 Å². The summed E-state index contributed by atoms with van der Waals surface area (Å²) in [6, 6.07) is 4.04. The summed E-state index contributed by atoms with van der Waals surface area (Å²) in [6.45, 7) is 2.92. The number of hydrogen-bond acceptors (Lipinski definition) is 4. The summed E-state index contributed by atoms with van der Waals surface area (Å²) in [4.78, 5) is 0. The fourth-order valence-corrected chi connectivity index (χ4v) is 3.01. The van der Waals surface area contributed by atoms with Crippen molar-refractivity contribution in [2.75, 3.05) is 12.3 Å². The molecule has 2 heterocycles. The van der Waals surface area contributed by atoms with E-state index in [9.17, 15) is 4.21 Å². The predicted octanol–water partition coefficient (Wildman–Crippen LogP) is 1.03. The first kappa shape index (κ1) is 11.7. The normalized spacial score (nSPS) is 22.9. The molecular formula is C11H17N3OS. The van der Waals surface area contributed by atoms with Gasteiger partial charge in [0.15, 0.2) is 0 Å². The summed E-state index contributed by atoms with van der Waals surface area (Å²) in [5.74, 6) is 0.651. The molecule has 0 aliphatic carbocycles. The SMILES string of the molecule is Cc1ccc([S@](=O)C[C@H]2CCCCN2)nn1. The summed E-state index contributed by atoms with van der Waals surface area (Å²) in [5, 5.41) is 11.9. The van der Waals surface area contributed by atoms with E-state index in [-0.39, 0.29) is 0 Å². The zero-order valence-corrected chi connectivity index (χ0v) is 10.3. The van der Waals surface area contributed by atoms with E-state index >= 15 is 0 Å². The Morgan fingerprint density at radius 1 is 1.44 bits per heavy atom. The molecule has 0 amide bonds. The Labute approximate surface area is 98.3 Å². The molecule has 1 aliphatic rings. The number of nitrogens with zero attached hydrogens (tertiary/aromatic N) is 2. The van der Waals surface area contributed by atoms with Crippen molar-refractivity contribution in [3.05, 3.63) is 17.8 Å². The fourth-order valence-electron chi connectivity index (χ4n) is 1.84. The van der Waals surface area contributed by atoms with Gasteiger partial charge < -0.3 is 5.32 Å². The molecule has 1 N–H and O–H groups in total. The van der Waals surface area contributed by atoms with Crippen LogP contribution in [0.4, 0.5) is 0 Å². The zero-order chi connectivity index (χ0) is 11.4. The quantitative estimate of drug-likeness (QED) is 0.856. The summed E-state index contributed by atoms with van der Waals surface area (Å²) in [6.07, 6.45) is 3.58. The highest BCUT2D eigenvalue weighted by Gasteiger charge is 2.17. The molecule has 16 heavy (non-hydrogen) atoms. The number of hydrogen-bond donors (Lipinski definition) is 1. The van der Waals surface area contributed by atoms with Gasteiger partial charge in [0.2, 0.25) is 0 Å². The third kappa shape index (κ3) is 3.09. The summed E-state index contributed by atoms with van der Waals surface area (Å²) < 4.78 is 12.0. The molecule has 1 saturated heterocycles. The lowest BCUT2D eigenvalue weighted by molar-refractivity contribution is 0.427. The van der Waals surface area contributed by atoms with Crippen molar-refractivity contribution in [2.45, 2.75) is 37.3 Å². The zero-order valence-electron chi connectivity index (χ0n) is 9.48. The highest BCUT2D eigenvalue weighted by molar-refractivity contribution is 7.85. The van der Waals surface area contributed by atoms with Gasteiger partial charge in [-0.25, -0.2) is 0 Å². The Kier molecular flexibility index (Phi) is 4.01. The summed E-state index contributed by atoms with van der Waals surface area (Å²) in [7, 11) is -1.03. The topological polar surface area (TPSA) is 54.9 Å². The van der Waals surface area contributed by atoms with Crippen LogP contribution >= 0.6 is 0 Å². The van der Waals surface area contributed by atoms with Crippen LogP contribution in [0.25, 0.3) is 0 Å². The lowest BCUT2D eigenvalue weighted by atomic mass is 10.1. The molecule has 0 saturated carbocycles. The molecule has 0 spiro atoms. The monoisotopic (exact) mass is 239 g/mol. The van der Waals surface area contributed by atoms with Gasteiger partial charge in [-0.05, 0) is 38.4 Å². The standard InChI is InChI=1S/C11H17N3OS/c1-9-5-6-11(14-13-9)16(15)8-10-4-2-3-7-12-10/h5-6,10,12H,2-4,7-8H2,1H3/t10-,16-/m1/s1. The van der Waals surface area contributed by atoms with E-state index in [1.54, 1.807) is 6.07 Å². The van der Waals surface area contributed by atoms with Crippen molar-refractivity contribution >= 4 is 10.8 Å². The van der Waals surface area contributed by atoms with E-state index in [1.807, 2.05) is 13.0 Å². The second kappa shape index (κ2) is 5.50. The maximum atomic E-state index is 12.0. The minimum absolute atomic E-state index is 0.373. The third-order valence-electron chi connectivity index (χ3n) is 2.77. The van der Waals surface area contributed by atoms with Crippen LogP contribution in [-0.4, -0.2) is 32.7 Å². The van der Waals surface area contributed by atoms with Crippen LogP contribution in [0, 0.1) is 6.92 Å². The molecule has 0 bridgehead atoms. The average Bonchev–Trinajstić information content (AvgIpc) is 2.31. The molecule has 2 atom stereocenters. The fraction of sp³-hybridized carbons (Fsp3) is 0.636. The third-order valence-corrected chi connectivity index (χ3v) is 4.16. The number of aryl methyl sites for hydroxylation is 1. The van der Waals surface area contributed by atoms with E-state index in [4.69, 9.17) is 0 Å². The van der Waals surface area contributed by atoms with Crippen LogP contribution in [-0.2, 0) is 10.8 Å². The molecule has 1 aromatic rings. The van der Waals surface area contributed by atoms with Gasteiger partial charge in [-0.15, -0.1) is 5.10 Å². The Morgan fingerprint density at radius 2 is 2.31 bits per heavy atom. The maximum Gasteiger partial charge on any atom is 0.149 e. The minimum atomic E-state index is -1.03. The highest BCUT2D eigenvalue weighted by Crippen LogP contribution is 2.11. The molecule has 1 aromatic heterocycles. The van der Waals surface area contributed by atoms with Crippen molar-refractivity contribution in [2.24, 2.45) is 0 Å². The number of piperidine rings is 1. The molecule has 88 valence electrons. The molecule has 4 nitrogen and oxygen atoms in total. The van der Waals surface area contributed by atoms with Crippen molar-refractivity contribution in [1.29, 1.82) is 0 Å². The van der Waals surface area contributed by atoms with Gasteiger partial charge in [-0.1, -0.05) is 6.42 Å². The molecule has 1 fully saturated rings. The first-order chi connectivity index (χ1) is 7.75. The molecular weight excluding hydrogens is 222 g/mol. The summed E-state index contributed by atoms with van der Waals surface area (Å²) >= 11 is 0. The Hall–Kier alpha value is -0.810. The first-order valence-electron chi connectivity index (χ1n) is 5.68. The van der Waals surface area contributed by atoms with Crippen LogP contribution in [0.2, 0.25) is 0 Å². The van der Waals surface area contributed by atoms with Crippen molar-refractivity contribution in [3.63, 3.8) is 0 Å². The number of aromatic nitrogens is 2. The van der Waals surface area contributed by atoms with E-state index in [2.05, 4.69) is 15.5 Å². The molecule has 2 rings (SSSR count). The van der Waals surface area contributed by atoms with Gasteiger partial charge in [-0.2, -0.15) is 5.10 Å². The van der Waals surface area contributed by atoms with Gasteiger partial charge in [0.25, 0.3) is 0 Å². The number of rotatable bonds is 3. The second-order valence-corrected chi connectivity index (χ2v) is 5.61. The van der Waals surface area contributed by atoms with Crippen LogP contribution in [0.5, 0.6) is 0 Å². The molecule has 1 aliphatic heterocycles. The largest absolute Gasteiger partial charge is 0.313 e. The van der Waals surface area contributed by atoms with E-state index < -0.39 is 10.8 Å². The van der Waals surface area contributed by atoms with Gasteiger partial charge in [-0.3, -0.25) is 4.21 Å². The highest BCUT2D eigenvalue weighted by atomic mass is 32.2. The Bertz CT molecular complexity index is 360. The van der Waals surface area contributed by atoms with Crippen molar-refractivity contribution in [3.8, 4) is 0 Å². The van der Waals surface area contributed by atoms with E-state index in [1.165, 1.54) is 12.8 Å². The molecule has 0 radical (unpaired) electrons. The molecule has 0 unspecified atom stereocenters. The Morgan fingerprint density at radius 3 is 2.94 bits per heavy atom. The second-order valence-electron chi connectivity index (χ2n) is 4.17. The van der Waals surface area contributed by atoms with Gasteiger partial charge in [0.1, 0.15) is 5.03 Å². The molecule has 0 aromatic carbocycles. The Balaban J connectivity index is 1.94. The van der Waals surface area contributed by atoms with Crippen LogP contribution in [0.1, 0.15) is 25.0 Å². The smallest absolute Gasteiger partial charge is 0.149 e. The van der Waals surface area contributed by atoms with Crippen LogP contribution in [0.15, 0.2) is 17.2 Å². The lowest BCUT2D eigenvalue weighted by Crippen LogP contribution is -2.38. The van der Waals surface area contributed by atoms with Gasteiger partial charge in [0, 0.05) is 11.8 Å². The van der Waals surface area contributed by atoms with Crippen molar-refractivity contribution < 1.29 is 4.21 Å². The number of nitrogens with one attached hydrogen (secondary N) is 1. The van der Waals surface area contributed by atoms with Gasteiger partial charge in [0.05, 0.1) is 16.5 Å². The lowest BCUT2D eigenvalue weighted by Gasteiger charge is -2.22.